The van der Waals surface area contributed by atoms with Gasteiger partial charge in [0.25, 0.3) is 10.0 Å². The molecule has 0 unspecified atom stereocenters. The molecular weight excluding hydrogens is 284 g/mol. The molecule has 1 aliphatic heterocycles. The van der Waals surface area contributed by atoms with E-state index in [-0.39, 0.29) is 11.1 Å². The smallest absolute Gasteiger partial charge is 0.274 e. The van der Waals surface area contributed by atoms with Crippen LogP contribution in [0.3, 0.4) is 0 Å². The molecule has 0 saturated carbocycles. The molecule has 1 aromatic heterocycles. The van der Waals surface area contributed by atoms with Gasteiger partial charge in [-0.2, -0.15) is 11.8 Å². The SMILES string of the molecule is CCNCc1ccc(S(=O)(=O)NC2CCSCC2)o1. The van der Waals surface area contributed by atoms with Crippen molar-refractivity contribution in [3.8, 4) is 0 Å². The van der Waals surface area contributed by atoms with Crippen molar-refractivity contribution in [2.24, 2.45) is 0 Å². The van der Waals surface area contributed by atoms with Crippen LogP contribution >= 0.6 is 11.8 Å². The topological polar surface area (TPSA) is 71.3 Å². The van der Waals surface area contributed by atoms with E-state index in [9.17, 15) is 8.42 Å². The molecule has 19 heavy (non-hydrogen) atoms. The van der Waals surface area contributed by atoms with Gasteiger partial charge in [-0.15, -0.1) is 0 Å². The molecule has 5 nitrogen and oxygen atoms in total. The second kappa shape index (κ2) is 6.78. The molecule has 2 heterocycles. The van der Waals surface area contributed by atoms with Gasteiger partial charge in [0.2, 0.25) is 5.09 Å². The lowest BCUT2D eigenvalue weighted by molar-refractivity contribution is 0.398. The first-order chi connectivity index (χ1) is 9.12. The highest BCUT2D eigenvalue weighted by atomic mass is 32.2. The summed E-state index contributed by atoms with van der Waals surface area (Å²) in [6, 6.07) is 3.26. The number of sulfonamides is 1. The van der Waals surface area contributed by atoms with Crippen LogP contribution in [0.2, 0.25) is 0 Å². The highest BCUT2D eigenvalue weighted by Gasteiger charge is 2.24. The monoisotopic (exact) mass is 304 g/mol. The minimum atomic E-state index is -3.52. The molecule has 1 saturated heterocycles. The van der Waals surface area contributed by atoms with Gasteiger partial charge >= 0.3 is 0 Å². The molecule has 0 radical (unpaired) electrons. The highest BCUT2D eigenvalue weighted by Crippen LogP contribution is 2.20. The van der Waals surface area contributed by atoms with E-state index in [0.717, 1.165) is 30.9 Å². The molecule has 1 aromatic rings. The van der Waals surface area contributed by atoms with Crippen LogP contribution in [-0.2, 0) is 16.6 Å². The summed E-state index contributed by atoms with van der Waals surface area (Å²) in [5.41, 5.74) is 0. The zero-order chi connectivity index (χ0) is 13.7. The number of thioether (sulfide) groups is 1. The standard InChI is InChI=1S/C12H20N2O3S2/c1-2-13-9-11-3-4-12(17-11)19(15,16)14-10-5-7-18-8-6-10/h3-4,10,13-14H,2,5-9H2,1H3. The molecule has 0 spiro atoms. The molecule has 2 rings (SSSR count). The van der Waals surface area contributed by atoms with E-state index in [1.54, 1.807) is 6.07 Å². The Bertz CT molecular complexity index is 493. The van der Waals surface area contributed by atoms with Crippen molar-refractivity contribution in [2.45, 2.75) is 37.4 Å². The Hall–Kier alpha value is -0.500. The summed E-state index contributed by atoms with van der Waals surface area (Å²) in [6.45, 7) is 3.36. The van der Waals surface area contributed by atoms with E-state index >= 15 is 0 Å². The fraction of sp³-hybridized carbons (Fsp3) is 0.667. The average Bonchev–Trinajstić information content (AvgIpc) is 2.86. The summed E-state index contributed by atoms with van der Waals surface area (Å²) in [6.07, 6.45) is 1.77. The van der Waals surface area contributed by atoms with Crippen LogP contribution in [0.15, 0.2) is 21.6 Å². The third-order valence-electron chi connectivity index (χ3n) is 2.99. The first kappa shape index (κ1) is 14.9. The number of rotatable bonds is 6. The lowest BCUT2D eigenvalue weighted by atomic mass is 10.2. The van der Waals surface area contributed by atoms with E-state index in [1.165, 1.54) is 6.07 Å². The van der Waals surface area contributed by atoms with Crippen molar-refractivity contribution in [3.05, 3.63) is 17.9 Å². The van der Waals surface area contributed by atoms with Crippen LogP contribution in [0, 0.1) is 0 Å². The first-order valence-electron chi connectivity index (χ1n) is 6.51. The van der Waals surface area contributed by atoms with Gasteiger partial charge in [-0.3, -0.25) is 0 Å². The summed E-state index contributed by atoms with van der Waals surface area (Å²) in [5, 5.41) is 3.11. The average molecular weight is 304 g/mol. The largest absolute Gasteiger partial charge is 0.447 e. The highest BCUT2D eigenvalue weighted by molar-refractivity contribution is 7.99. The Morgan fingerprint density at radius 3 is 2.79 bits per heavy atom. The van der Waals surface area contributed by atoms with Crippen molar-refractivity contribution >= 4 is 21.8 Å². The maximum Gasteiger partial charge on any atom is 0.274 e. The predicted octanol–water partition coefficient (Wildman–Crippen LogP) is 1.56. The van der Waals surface area contributed by atoms with Crippen LogP contribution in [0.5, 0.6) is 0 Å². The van der Waals surface area contributed by atoms with Crippen LogP contribution in [-0.4, -0.2) is 32.5 Å². The molecule has 108 valence electrons. The fourth-order valence-corrected chi connectivity index (χ4v) is 4.30. The van der Waals surface area contributed by atoms with Gasteiger partial charge < -0.3 is 9.73 Å². The Kier molecular flexibility index (Phi) is 5.32. The van der Waals surface area contributed by atoms with E-state index < -0.39 is 10.0 Å². The van der Waals surface area contributed by atoms with Gasteiger partial charge in [-0.25, -0.2) is 13.1 Å². The Balaban J connectivity index is 1.99. The first-order valence-corrected chi connectivity index (χ1v) is 9.15. The number of furan rings is 1. The van der Waals surface area contributed by atoms with Gasteiger partial charge in [-0.1, -0.05) is 6.92 Å². The number of nitrogens with one attached hydrogen (secondary N) is 2. The van der Waals surface area contributed by atoms with Crippen LogP contribution in [0.25, 0.3) is 0 Å². The minimum absolute atomic E-state index is 0.0126. The molecule has 0 amide bonds. The third kappa shape index (κ3) is 4.24. The summed E-state index contributed by atoms with van der Waals surface area (Å²) in [7, 11) is -3.52. The lowest BCUT2D eigenvalue weighted by Crippen LogP contribution is -2.37. The van der Waals surface area contributed by atoms with Crippen molar-refractivity contribution < 1.29 is 12.8 Å². The maximum atomic E-state index is 12.2. The molecule has 1 fully saturated rings. The van der Waals surface area contributed by atoms with E-state index in [0.29, 0.717) is 12.3 Å². The van der Waals surface area contributed by atoms with Gasteiger partial charge in [0, 0.05) is 6.04 Å². The van der Waals surface area contributed by atoms with Crippen molar-refractivity contribution in [2.75, 3.05) is 18.1 Å². The maximum absolute atomic E-state index is 12.2. The van der Waals surface area contributed by atoms with Gasteiger partial charge in [0.1, 0.15) is 5.76 Å². The summed E-state index contributed by atoms with van der Waals surface area (Å²) in [4.78, 5) is 0. The predicted molar refractivity (Wildman–Crippen MR) is 76.8 cm³/mol. The summed E-state index contributed by atoms with van der Waals surface area (Å²) >= 11 is 1.87. The Morgan fingerprint density at radius 2 is 2.11 bits per heavy atom. The van der Waals surface area contributed by atoms with Gasteiger partial charge in [0.05, 0.1) is 6.54 Å². The molecule has 7 heteroatoms. The van der Waals surface area contributed by atoms with Crippen molar-refractivity contribution in [3.63, 3.8) is 0 Å². The Morgan fingerprint density at radius 1 is 1.37 bits per heavy atom. The minimum Gasteiger partial charge on any atom is -0.447 e. The second-order valence-electron chi connectivity index (χ2n) is 4.51. The van der Waals surface area contributed by atoms with Gasteiger partial charge in [0.15, 0.2) is 0 Å². The van der Waals surface area contributed by atoms with E-state index in [4.69, 9.17) is 4.42 Å². The zero-order valence-corrected chi connectivity index (χ0v) is 12.6. The van der Waals surface area contributed by atoms with E-state index in [1.807, 2.05) is 18.7 Å². The van der Waals surface area contributed by atoms with Crippen molar-refractivity contribution in [1.82, 2.24) is 10.0 Å². The van der Waals surface area contributed by atoms with Crippen LogP contribution in [0.1, 0.15) is 25.5 Å². The quantitative estimate of drug-likeness (QED) is 0.834. The van der Waals surface area contributed by atoms with Crippen LogP contribution in [0.4, 0.5) is 0 Å². The lowest BCUT2D eigenvalue weighted by Gasteiger charge is -2.21. The molecule has 0 aliphatic carbocycles. The molecule has 0 aromatic carbocycles. The molecule has 0 atom stereocenters. The van der Waals surface area contributed by atoms with Crippen LogP contribution < -0.4 is 10.0 Å². The molecule has 2 N–H and O–H groups in total. The Labute approximate surface area is 118 Å². The van der Waals surface area contributed by atoms with Crippen molar-refractivity contribution in [1.29, 1.82) is 0 Å². The molecular formula is C12H20N2O3S2. The van der Waals surface area contributed by atoms with E-state index in [2.05, 4.69) is 10.0 Å². The third-order valence-corrected chi connectivity index (χ3v) is 5.44. The normalized spacial score (nSPS) is 17.7. The number of hydrogen-bond donors (Lipinski definition) is 2. The number of hydrogen-bond acceptors (Lipinski definition) is 5. The van der Waals surface area contributed by atoms with Gasteiger partial charge in [-0.05, 0) is 43.0 Å². The zero-order valence-electron chi connectivity index (χ0n) is 11.0. The second-order valence-corrected chi connectivity index (χ2v) is 7.38. The molecule has 1 aliphatic rings. The summed E-state index contributed by atoms with van der Waals surface area (Å²) in [5.74, 6) is 2.66. The fourth-order valence-electron chi connectivity index (χ4n) is 1.94. The summed E-state index contributed by atoms with van der Waals surface area (Å²) < 4.78 is 32.4. The molecule has 0 bridgehead atoms.